The number of nitrogens with two attached hydrogens (primary N) is 1. The van der Waals surface area contributed by atoms with Gasteiger partial charge in [-0.25, -0.2) is 0 Å². The van der Waals surface area contributed by atoms with Crippen LogP contribution >= 0.6 is 0 Å². The van der Waals surface area contributed by atoms with Crippen LogP contribution in [-0.4, -0.2) is 21.7 Å². The fourth-order valence-corrected chi connectivity index (χ4v) is 3.43. The summed E-state index contributed by atoms with van der Waals surface area (Å²) in [6.07, 6.45) is 9.69. The fraction of sp³-hybridized carbons (Fsp3) is 0.750. The number of amides is 1. The Labute approximate surface area is 126 Å². The van der Waals surface area contributed by atoms with Crippen LogP contribution in [0.25, 0.3) is 0 Å². The summed E-state index contributed by atoms with van der Waals surface area (Å²) >= 11 is 0. The molecule has 3 N–H and O–H groups in total. The van der Waals surface area contributed by atoms with Gasteiger partial charge >= 0.3 is 0 Å². The van der Waals surface area contributed by atoms with Gasteiger partial charge < -0.3 is 11.1 Å². The molecule has 0 bridgehead atoms. The molecule has 1 heterocycles. The van der Waals surface area contributed by atoms with E-state index in [1.165, 1.54) is 38.5 Å². The predicted octanol–water partition coefficient (Wildman–Crippen LogP) is 2.53. The highest BCUT2D eigenvalue weighted by Gasteiger charge is 2.30. The van der Waals surface area contributed by atoms with Crippen LogP contribution in [-0.2, 0) is 11.8 Å². The van der Waals surface area contributed by atoms with E-state index in [1.807, 2.05) is 13.1 Å². The van der Waals surface area contributed by atoms with E-state index in [4.69, 9.17) is 5.73 Å². The van der Waals surface area contributed by atoms with Crippen molar-refractivity contribution in [3.8, 4) is 0 Å². The summed E-state index contributed by atoms with van der Waals surface area (Å²) in [5, 5.41) is 7.54. The molecule has 5 nitrogen and oxygen atoms in total. The first-order valence-electron chi connectivity index (χ1n) is 8.25. The fourth-order valence-electron chi connectivity index (χ4n) is 3.43. The Morgan fingerprint density at radius 1 is 1.29 bits per heavy atom. The molecule has 0 spiro atoms. The van der Waals surface area contributed by atoms with Gasteiger partial charge in [-0.3, -0.25) is 9.48 Å². The van der Waals surface area contributed by atoms with E-state index >= 15 is 0 Å². The van der Waals surface area contributed by atoms with E-state index in [2.05, 4.69) is 10.4 Å². The quantitative estimate of drug-likeness (QED) is 0.895. The van der Waals surface area contributed by atoms with Crippen molar-refractivity contribution in [3.63, 3.8) is 0 Å². The third-order valence-corrected chi connectivity index (χ3v) is 5.13. The van der Waals surface area contributed by atoms with Crippen molar-refractivity contribution in [2.75, 3.05) is 5.32 Å². The molecular formula is C16H26N4O. The predicted molar refractivity (Wildman–Crippen MR) is 83.0 cm³/mol. The summed E-state index contributed by atoms with van der Waals surface area (Å²) in [4.78, 5) is 12.2. The van der Waals surface area contributed by atoms with Crippen LogP contribution in [0.15, 0.2) is 6.07 Å². The molecule has 0 aromatic carbocycles. The zero-order chi connectivity index (χ0) is 14.8. The molecule has 5 heteroatoms. The minimum absolute atomic E-state index is 0.0714. The SMILES string of the molecule is Cn1nc(C2CCCCC2)cc1NC(=O)C(N)C1CCC1. The zero-order valence-electron chi connectivity index (χ0n) is 12.8. The van der Waals surface area contributed by atoms with Crippen LogP contribution in [0.3, 0.4) is 0 Å². The number of carbonyl (C=O) groups excluding carboxylic acids is 1. The maximum Gasteiger partial charge on any atom is 0.242 e. The van der Waals surface area contributed by atoms with Gasteiger partial charge in [0.2, 0.25) is 5.91 Å². The van der Waals surface area contributed by atoms with E-state index in [9.17, 15) is 4.79 Å². The Bertz CT molecular complexity index is 500. The Balaban J connectivity index is 1.64. The van der Waals surface area contributed by atoms with Gasteiger partial charge in [-0.2, -0.15) is 5.10 Å². The number of carbonyl (C=O) groups is 1. The van der Waals surface area contributed by atoms with Crippen LogP contribution in [0.4, 0.5) is 5.82 Å². The maximum atomic E-state index is 12.2. The standard InChI is InChI=1S/C16H26N4O/c1-20-14(18-16(21)15(17)12-8-5-9-12)10-13(19-20)11-6-3-2-4-7-11/h10-12,15H,2-9,17H2,1H3,(H,18,21). The second-order valence-electron chi connectivity index (χ2n) is 6.62. The van der Waals surface area contributed by atoms with Crippen LogP contribution in [0.2, 0.25) is 0 Å². The van der Waals surface area contributed by atoms with Crippen LogP contribution in [0.5, 0.6) is 0 Å². The lowest BCUT2D eigenvalue weighted by Gasteiger charge is -2.30. The molecule has 116 valence electrons. The van der Waals surface area contributed by atoms with Crippen molar-refractivity contribution < 1.29 is 4.79 Å². The third-order valence-electron chi connectivity index (χ3n) is 5.13. The second kappa shape index (κ2) is 6.18. The summed E-state index contributed by atoms with van der Waals surface area (Å²) in [6, 6.07) is 1.65. The first kappa shape index (κ1) is 14.6. The monoisotopic (exact) mass is 290 g/mol. The highest BCUT2D eigenvalue weighted by atomic mass is 16.2. The molecular weight excluding hydrogens is 264 g/mol. The van der Waals surface area contributed by atoms with E-state index in [1.54, 1.807) is 4.68 Å². The Morgan fingerprint density at radius 2 is 2.00 bits per heavy atom. The first-order chi connectivity index (χ1) is 10.1. The van der Waals surface area contributed by atoms with E-state index in [0.717, 1.165) is 24.4 Å². The summed E-state index contributed by atoms with van der Waals surface area (Å²) in [5.74, 6) is 1.61. The summed E-state index contributed by atoms with van der Waals surface area (Å²) in [5.41, 5.74) is 7.14. The molecule has 2 fully saturated rings. The highest BCUT2D eigenvalue weighted by molar-refractivity contribution is 5.94. The van der Waals surface area contributed by atoms with Gasteiger partial charge in [-0.15, -0.1) is 0 Å². The number of hydrogen-bond acceptors (Lipinski definition) is 3. The number of rotatable bonds is 4. The molecule has 1 aromatic rings. The molecule has 1 atom stereocenters. The van der Waals surface area contributed by atoms with Gasteiger partial charge in [-0.05, 0) is 31.6 Å². The van der Waals surface area contributed by atoms with Gasteiger partial charge in [0, 0.05) is 19.0 Å². The lowest BCUT2D eigenvalue weighted by atomic mass is 9.80. The van der Waals surface area contributed by atoms with Crippen molar-refractivity contribution in [2.45, 2.75) is 63.3 Å². The lowest BCUT2D eigenvalue weighted by molar-refractivity contribution is -0.119. The normalized spacial score (nSPS) is 21.8. The summed E-state index contributed by atoms with van der Waals surface area (Å²) < 4.78 is 1.77. The molecule has 0 saturated heterocycles. The summed E-state index contributed by atoms with van der Waals surface area (Å²) in [7, 11) is 1.89. The molecule has 21 heavy (non-hydrogen) atoms. The second-order valence-corrected chi connectivity index (χ2v) is 6.62. The molecule has 0 radical (unpaired) electrons. The molecule has 1 aromatic heterocycles. The lowest BCUT2D eigenvalue weighted by Crippen LogP contribution is -2.44. The molecule has 1 unspecified atom stereocenters. The number of anilines is 1. The molecule has 3 rings (SSSR count). The van der Waals surface area contributed by atoms with Crippen molar-refractivity contribution >= 4 is 11.7 Å². The van der Waals surface area contributed by atoms with E-state index in [0.29, 0.717) is 11.8 Å². The van der Waals surface area contributed by atoms with Crippen molar-refractivity contribution in [1.29, 1.82) is 0 Å². The van der Waals surface area contributed by atoms with Gasteiger partial charge in [0.1, 0.15) is 5.82 Å². The minimum atomic E-state index is -0.383. The average molecular weight is 290 g/mol. The number of hydrogen-bond donors (Lipinski definition) is 2. The van der Waals surface area contributed by atoms with Gasteiger partial charge in [-0.1, -0.05) is 25.7 Å². The largest absolute Gasteiger partial charge is 0.320 e. The maximum absolute atomic E-state index is 12.2. The van der Waals surface area contributed by atoms with Gasteiger partial charge in [0.25, 0.3) is 0 Å². The number of nitrogens with zero attached hydrogens (tertiary/aromatic N) is 2. The molecule has 2 saturated carbocycles. The van der Waals surface area contributed by atoms with Crippen molar-refractivity contribution in [1.82, 2.24) is 9.78 Å². The van der Waals surface area contributed by atoms with Crippen LogP contribution in [0.1, 0.15) is 63.0 Å². The van der Waals surface area contributed by atoms with Crippen molar-refractivity contribution in [3.05, 3.63) is 11.8 Å². The topological polar surface area (TPSA) is 72.9 Å². The van der Waals surface area contributed by atoms with Gasteiger partial charge in [0.15, 0.2) is 0 Å². The zero-order valence-corrected chi connectivity index (χ0v) is 12.8. The molecule has 2 aliphatic rings. The van der Waals surface area contributed by atoms with Crippen LogP contribution in [0, 0.1) is 5.92 Å². The third kappa shape index (κ3) is 3.12. The smallest absolute Gasteiger partial charge is 0.242 e. The van der Waals surface area contributed by atoms with Crippen molar-refractivity contribution in [2.24, 2.45) is 18.7 Å². The Morgan fingerprint density at radius 3 is 2.62 bits per heavy atom. The number of aromatic nitrogens is 2. The Kier molecular flexibility index (Phi) is 4.29. The van der Waals surface area contributed by atoms with E-state index < -0.39 is 0 Å². The molecule has 2 aliphatic carbocycles. The molecule has 0 aliphatic heterocycles. The average Bonchev–Trinajstić information content (AvgIpc) is 2.79. The summed E-state index contributed by atoms with van der Waals surface area (Å²) in [6.45, 7) is 0. The Hall–Kier alpha value is -1.36. The number of nitrogens with one attached hydrogen (secondary N) is 1. The first-order valence-corrected chi connectivity index (χ1v) is 8.25. The minimum Gasteiger partial charge on any atom is -0.320 e. The number of aryl methyl sites for hydroxylation is 1. The van der Waals surface area contributed by atoms with E-state index in [-0.39, 0.29) is 11.9 Å². The van der Waals surface area contributed by atoms with Gasteiger partial charge in [0.05, 0.1) is 11.7 Å². The molecule has 1 amide bonds. The highest BCUT2D eigenvalue weighted by Crippen LogP contribution is 2.33. The van der Waals surface area contributed by atoms with Crippen LogP contribution < -0.4 is 11.1 Å².